The lowest BCUT2D eigenvalue weighted by Gasteiger charge is -2.32. The number of amides is 1. The summed E-state index contributed by atoms with van der Waals surface area (Å²) in [4.78, 5) is 16.8. The van der Waals surface area contributed by atoms with Crippen LogP contribution in [0.1, 0.15) is 55.9 Å². The first-order valence-corrected chi connectivity index (χ1v) is 13.6. The molecule has 2 heterocycles. The van der Waals surface area contributed by atoms with Crippen molar-refractivity contribution in [3.05, 3.63) is 88.5 Å². The number of pyridine rings is 1. The number of halogens is 3. The number of carbonyl (C=O) groups excluding carboxylic acids is 1. The van der Waals surface area contributed by atoms with Gasteiger partial charge in [0.15, 0.2) is 0 Å². The number of hydrogen-bond acceptors (Lipinski definition) is 6. The number of carbonyl (C=O) groups is 1. The van der Waals surface area contributed by atoms with Crippen molar-refractivity contribution in [2.45, 2.75) is 51.0 Å². The quantitative estimate of drug-likeness (QED) is 0.315. The van der Waals surface area contributed by atoms with Crippen LogP contribution in [0, 0.1) is 0 Å². The molecule has 1 aliphatic carbocycles. The number of nitrogens with zero attached hydrogens (tertiary/aromatic N) is 1. The predicted molar refractivity (Wildman–Crippen MR) is 153 cm³/mol. The number of methoxy groups -OCH3 is 1. The summed E-state index contributed by atoms with van der Waals surface area (Å²) in [7, 11) is 0.360. The van der Waals surface area contributed by atoms with E-state index in [4.69, 9.17) is 18.8 Å². The van der Waals surface area contributed by atoms with Gasteiger partial charge in [0.1, 0.15) is 6.61 Å². The van der Waals surface area contributed by atoms with E-state index in [1.165, 1.54) is 13.2 Å². The van der Waals surface area contributed by atoms with Gasteiger partial charge < -0.3 is 24.1 Å². The van der Waals surface area contributed by atoms with Crippen molar-refractivity contribution in [2.75, 3.05) is 20.3 Å². The van der Waals surface area contributed by atoms with Crippen LogP contribution in [0.3, 0.4) is 0 Å². The molecule has 1 aliphatic heterocycles. The third-order valence-corrected chi connectivity index (χ3v) is 8.08. The average molecular weight is 580 g/mol. The van der Waals surface area contributed by atoms with Crippen molar-refractivity contribution < 1.29 is 36.7 Å². The first kappa shape index (κ1) is 29.7. The Labute approximate surface area is 243 Å². The van der Waals surface area contributed by atoms with Gasteiger partial charge in [0.25, 0.3) is 0 Å². The molecule has 0 saturated carbocycles. The van der Waals surface area contributed by atoms with Crippen molar-refractivity contribution in [1.82, 2.24) is 10.3 Å². The molecule has 0 spiro atoms. The third kappa shape index (κ3) is 5.76. The van der Waals surface area contributed by atoms with Crippen LogP contribution in [0.15, 0.2) is 66.3 Å². The molecule has 3 aromatic rings. The van der Waals surface area contributed by atoms with Crippen LogP contribution in [0.4, 0.5) is 18.0 Å². The molecule has 0 atom stereocenters. The molecular weight excluding hydrogens is 548 g/mol. The van der Waals surface area contributed by atoms with Crippen molar-refractivity contribution in [1.29, 1.82) is 0 Å². The van der Waals surface area contributed by atoms with E-state index in [1.807, 2.05) is 76.2 Å². The van der Waals surface area contributed by atoms with E-state index in [0.717, 1.165) is 28.3 Å². The summed E-state index contributed by atoms with van der Waals surface area (Å²) in [6.45, 7) is 7.42. The lowest BCUT2D eigenvalue weighted by Crippen LogP contribution is -2.41. The molecule has 220 valence electrons. The predicted octanol–water partition coefficient (Wildman–Crippen LogP) is 6.66. The lowest BCUT2D eigenvalue weighted by atomic mass is 9.77. The highest BCUT2D eigenvalue weighted by atomic mass is 19.4. The van der Waals surface area contributed by atoms with E-state index in [0.29, 0.717) is 11.7 Å². The molecular formula is C31H32BF3N2O5. The SMILES string of the molecule is COc1ncc(C(F)(F)F)cc1C=C(CNC(=O)OCC1c2ccccc2-c2ccccc21)B1OC(C)(C)C(C)(C)O1. The number of hydrogen-bond donors (Lipinski definition) is 1. The number of aromatic nitrogens is 1. The topological polar surface area (TPSA) is 78.9 Å². The summed E-state index contributed by atoms with van der Waals surface area (Å²) in [5.74, 6) is -0.139. The van der Waals surface area contributed by atoms with E-state index in [2.05, 4.69) is 10.3 Å². The first-order valence-electron chi connectivity index (χ1n) is 13.6. The fourth-order valence-electron chi connectivity index (χ4n) is 5.12. The van der Waals surface area contributed by atoms with Crippen LogP contribution in [0.5, 0.6) is 5.88 Å². The normalized spacial score (nSPS) is 17.5. The second kappa shape index (κ2) is 11.1. The van der Waals surface area contributed by atoms with Crippen LogP contribution in [0.25, 0.3) is 17.2 Å². The standard InChI is InChI=1S/C31H32BF3N2O5/c1-29(2)30(3,4)42-32(41-29)21(15-19-14-20(31(33,34)35)16-36-27(19)39-5)17-37-28(38)40-18-26-24-12-8-6-10-22(24)23-11-7-9-13-25(23)26/h6-16,26H,17-18H2,1-5H3,(H,37,38). The Morgan fingerprint density at radius 1 is 1.02 bits per heavy atom. The second-order valence-electron chi connectivity index (χ2n) is 11.3. The van der Waals surface area contributed by atoms with Gasteiger partial charge in [-0.05, 0) is 61.5 Å². The number of alkyl carbamates (subject to hydrolysis) is 1. The van der Waals surface area contributed by atoms with E-state index in [9.17, 15) is 18.0 Å². The van der Waals surface area contributed by atoms with Crippen LogP contribution in [-0.2, 0) is 20.2 Å². The van der Waals surface area contributed by atoms with Gasteiger partial charge in [0.05, 0.1) is 23.9 Å². The maximum absolute atomic E-state index is 13.5. The van der Waals surface area contributed by atoms with Crippen molar-refractivity contribution in [3.8, 4) is 17.0 Å². The van der Waals surface area contributed by atoms with E-state index in [1.54, 1.807) is 0 Å². The molecule has 1 fully saturated rings. The fraction of sp³-hybridized carbons (Fsp3) is 0.355. The smallest absolute Gasteiger partial charge is 0.481 e. The molecule has 1 N–H and O–H groups in total. The molecule has 0 unspecified atom stereocenters. The van der Waals surface area contributed by atoms with Gasteiger partial charge in [-0.2, -0.15) is 13.2 Å². The summed E-state index contributed by atoms with van der Waals surface area (Å²) in [6.07, 6.45) is -3.15. The minimum atomic E-state index is -4.61. The highest BCUT2D eigenvalue weighted by Crippen LogP contribution is 2.44. The van der Waals surface area contributed by atoms with Gasteiger partial charge in [0.2, 0.25) is 5.88 Å². The lowest BCUT2D eigenvalue weighted by molar-refractivity contribution is -0.137. The zero-order valence-corrected chi connectivity index (χ0v) is 24.0. The number of alkyl halides is 3. The molecule has 1 amide bonds. The molecule has 1 saturated heterocycles. The molecule has 7 nitrogen and oxygen atoms in total. The third-order valence-electron chi connectivity index (χ3n) is 8.08. The van der Waals surface area contributed by atoms with Crippen molar-refractivity contribution in [2.24, 2.45) is 0 Å². The summed E-state index contributed by atoms with van der Waals surface area (Å²) in [5, 5.41) is 2.72. The highest BCUT2D eigenvalue weighted by Gasteiger charge is 2.52. The van der Waals surface area contributed by atoms with E-state index in [-0.39, 0.29) is 30.5 Å². The second-order valence-corrected chi connectivity index (χ2v) is 11.3. The molecule has 11 heteroatoms. The van der Waals surface area contributed by atoms with Crippen LogP contribution in [-0.4, -0.2) is 49.7 Å². The summed E-state index contributed by atoms with van der Waals surface area (Å²) >= 11 is 0. The van der Waals surface area contributed by atoms with Crippen LogP contribution >= 0.6 is 0 Å². The Bertz CT molecular complexity index is 1460. The molecule has 42 heavy (non-hydrogen) atoms. The Morgan fingerprint density at radius 2 is 1.60 bits per heavy atom. The van der Waals surface area contributed by atoms with Gasteiger partial charge in [-0.25, -0.2) is 9.78 Å². The van der Waals surface area contributed by atoms with Crippen molar-refractivity contribution >= 4 is 19.3 Å². The zero-order valence-electron chi connectivity index (χ0n) is 24.0. The minimum Gasteiger partial charge on any atom is -0.481 e. The summed E-state index contributed by atoms with van der Waals surface area (Å²) in [5.41, 5.74) is 2.41. The van der Waals surface area contributed by atoms with Gasteiger partial charge in [-0.1, -0.05) is 54.6 Å². The Morgan fingerprint density at radius 3 is 2.14 bits per heavy atom. The molecule has 2 aliphatic rings. The molecule has 0 radical (unpaired) electrons. The largest absolute Gasteiger partial charge is 0.492 e. The molecule has 5 rings (SSSR count). The summed E-state index contributed by atoms with van der Waals surface area (Å²) in [6, 6.07) is 16.9. The minimum absolute atomic E-state index is 0.0156. The van der Waals surface area contributed by atoms with Crippen LogP contribution in [0.2, 0.25) is 0 Å². The van der Waals surface area contributed by atoms with Gasteiger partial charge in [0, 0.05) is 24.2 Å². The Balaban J connectivity index is 1.36. The zero-order chi connectivity index (χ0) is 30.3. The van der Waals surface area contributed by atoms with Crippen LogP contribution < -0.4 is 10.1 Å². The fourth-order valence-corrected chi connectivity index (χ4v) is 5.12. The number of ether oxygens (including phenoxy) is 2. The Hall–Kier alpha value is -3.83. The number of fused-ring (bicyclic) bond motifs is 3. The maximum atomic E-state index is 13.5. The Kier molecular flexibility index (Phi) is 7.85. The van der Waals surface area contributed by atoms with Gasteiger partial charge >= 0.3 is 19.4 Å². The average Bonchev–Trinajstić information content (AvgIpc) is 3.37. The number of benzene rings is 2. The monoisotopic (exact) mass is 580 g/mol. The van der Waals surface area contributed by atoms with Crippen molar-refractivity contribution in [3.63, 3.8) is 0 Å². The van der Waals surface area contributed by atoms with E-state index < -0.39 is 36.2 Å². The highest BCUT2D eigenvalue weighted by molar-refractivity contribution is 6.56. The van der Waals surface area contributed by atoms with Gasteiger partial charge in [-0.3, -0.25) is 0 Å². The number of nitrogens with one attached hydrogen (secondary N) is 1. The van der Waals surface area contributed by atoms with E-state index >= 15 is 0 Å². The number of rotatable bonds is 7. The molecule has 1 aromatic heterocycles. The maximum Gasteiger partial charge on any atom is 0.492 e. The molecule has 0 bridgehead atoms. The molecule has 2 aromatic carbocycles. The summed E-state index contributed by atoms with van der Waals surface area (Å²) < 4.78 is 63.6. The van der Waals surface area contributed by atoms with Gasteiger partial charge in [-0.15, -0.1) is 0 Å². The first-order chi connectivity index (χ1) is 19.8.